The van der Waals surface area contributed by atoms with E-state index in [9.17, 15) is 4.79 Å². The molecule has 0 atom stereocenters. The molecule has 8 heteroatoms. The van der Waals surface area contributed by atoms with Crippen molar-refractivity contribution >= 4 is 34.1 Å². The number of halogens is 1. The van der Waals surface area contributed by atoms with Crippen LogP contribution in [0.1, 0.15) is 10.4 Å². The number of nitrogens with one attached hydrogen (secondary N) is 1. The van der Waals surface area contributed by atoms with Gasteiger partial charge in [-0.15, -0.1) is 0 Å². The van der Waals surface area contributed by atoms with Crippen molar-refractivity contribution in [1.29, 1.82) is 0 Å². The quantitative estimate of drug-likeness (QED) is 0.567. The Hall–Kier alpha value is -2.90. The van der Waals surface area contributed by atoms with E-state index in [0.29, 0.717) is 10.6 Å². The van der Waals surface area contributed by atoms with Crippen LogP contribution in [0.2, 0.25) is 5.02 Å². The van der Waals surface area contributed by atoms with Gasteiger partial charge in [0, 0.05) is 55.7 Å². The summed E-state index contributed by atoms with van der Waals surface area (Å²) in [5.41, 5.74) is 4.18. The van der Waals surface area contributed by atoms with Crippen LogP contribution in [0.3, 0.4) is 0 Å². The molecule has 1 fully saturated rings. The van der Waals surface area contributed by atoms with Crippen LogP contribution >= 0.6 is 11.6 Å². The minimum Gasteiger partial charge on any atom is -0.346 e. The number of piperazine rings is 1. The predicted octanol–water partition coefficient (Wildman–Crippen LogP) is 2.92. The van der Waals surface area contributed by atoms with Gasteiger partial charge in [-0.25, -0.2) is 9.50 Å². The minimum atomic E-state index is 0.0314. The summed E-state index contributed by atoms with van der Waals surface area (Å²) < 4.78 is 1.74. The number of amides is 1. The number of likely N-dealkylation sites (N-methyl/N-ethyl adjacent to an activating group) is 1. The fourth-order valence-corrected chi connectivity index (χ4v) is 3.87. The van der Waals surface area contributed by atoms with Gasteiger partial charge >= 0.3 is 0 Å². The van der Waals surface area contributed by atoms with E-state index in [-0.39, 0.29) is 5.91 Å². The first-order valence-electron chi connectivity index (χ1n) is 9.18. The first-order valence-corrected chi connectivity index (χ1v) is 9.56. The molecular formula is C20H19ClN6O. The van der Waals surface area contributed by atoms with Gasteiger partial charge in [0.05, 0.1) is 22.3 Å². The molecule has 0 radical (unpaired) electrons. The van der Waals surface area contributed by atoms with E-state index < -0.39 is 0 Å². The third kappa shape index (κ3) is 2.83. The summed E-state index contributed by atoms with van der Waals surface area (Å²) in [7, 11) is 2.08. The van der Waals surface area contributed by atoms with Crippen molar-refractivity contribution in [1.82, 2.24) is 29.4 Å². The molecule has 7 nitrogen and oxygen atoms in total. The van der Waals surface area contributed by atoms with Gasteiger partial charge in [-0.1, -0.05) is 11.6 Å². The Kier molecular flexibility index (Phi) is 4.07. The van der Waals surface area contributed by atoms with Crippen molar-refractivity contribution in [3.8, 4) is 11.1 Å². The Morgan fingerprint density at radius 3 is 2.82 bits per heavy atom. The highest BCUT2D eigenvalue weighted by atomic mass is 35.5. The summed E-state index contributed by atoms with van der Waals surface area (Å²) in [6, 6.07) is 5.88. The molecule has 4 aromatic rings. The summed E-state index contributed by atoms with van der Waals surface area (Å²) in [6.07, 6.45) is 7.07. The molecule has 0 bridgehead atoms. The number of carbonyl (C=O) groups excluding carboxylic acids is 1. The third-order valence-corrected chi connectivity index (χ3v) is 5.56. The van der Waals surface area contributed by atoms with E-state index in [2.05, 4.69) is 27.0 Å². The predicted molar refractivity (Wildman–Crippen MR) is 109 cm³/mol. The van der Waals surface area contributed by atoms with Gasteiger partial charge in [-0.2, -0.15) is 5.10 Å². The van der Waals surface area contributed by atoms with Crippen LogP contribution in [0.5, 0.6) is 0 Å². The van der Waals surface area contributed by atoms with Crippen LogP contribution in [0.15, 0.2) is 43.0 Å². The van der Waals surface area contributed by atoms with Crippen LogP contribution in [0.4, 0.5) is 0 Å². The number of hydrogen-bond acceptors (Lipinski definition) is 4. The van der Waals surface area contributed by atoms with Gasteiger partial charge in [-0.05, 0) is 30.8 Å². The lowest BCUT2D eigenvalue weighted by atomic mass is 10.1. The maximum absolute atomic E-state index is 13.1. The lowest BCUT2D eigenvalue weighted by Crippen LogP contribution is -2.47. The summed E-state index contributed by atoms with van der Waals surface area (Å²) in [5, 5.41) is 5.90. The average Bonchev–Trinajstić information content (AvgIpc) is 3.31. The van der Waals surface area contributed by atoms with Crippen molar-refractivity contribution in [2.45, 2.75) is 0 Å². The molecule has 28 heavy (non-hydrogen) atoms. The molecule has 0 aliphatic carbocycles. The van der Waals surface area contributed by atoms with Crippen molar-refractivity contribution in [3.63, 3.8) is 0 Å². The lowest BCUT2D eigenvalue weighted by molar-refractivity contribution is 0.0666. The molecule has 0 saturated carbocycles. The van der Waals surface area contributed by atoms with Crippen LogP contribution in [0, 0.1) is 0 Å². The van der Waals surface area contributed by atoms with E-state index >= 15 is 0 Å². The zero-order valence-electron chi connectivity index (χ0n) is 15.4. The van der Waals surface area contributed by atoms with Crippen molar-refractivity contribution in [2.75, 3.05) is 33.2 Å². The maximum atomic E-state index is 13.1. The number of nitrogens with zero attached hydrogens (tertiary/aromatic N) is 5. The highest BCUT2D eigenvalue weighted by Crippen LogP contribution is 2.30. The SMILES string of the molecule is CN1CCN(C(=O)c2cnn3ccc(-c4c[nH]c5ncc(Cl)cc45)cc23)CC1. The van der Waals surface area contributed by atoms with E-state index in [1.807, 2.05) is 35.5 Å². The zero-order chi connectivity index (χ0) is 19.3. The van der Waals surface area contributed by atoms with Gasteiger partial charge in [0.2, 0.25) is 0 Å². The summed E-state index contributed by atoms with van der Waals surface area (Å²) >= 11 is 6.13. The zero-order valence-corrected chi connectivity index (χ0v) is 16.1. The van der Waals surface area contributed by atoms with E-state index in [0.717, 1.165) is 53.9 Å². The third-order valence-electron chi connectivity index (χ3n) is 5.35. The van der Waals surface area contributed by atoms with Crippen molar-refractivity contribution < 1.29 is 4.79 Å². The minimum absolute atomic E-state index is 0.0314. The van der Waals surface area contributed by atoms with E-state index in [4.69, 9.17) is 11.6 Å². The van der Waals surface area contributed by atoms with Crippen molar-refractivity contribution in [2.24, 2.45) is 0 Å². The Morgan fingerprint density at radius 1 is 1.18 bits per heavy atom. The fourth-order valence-electron chi connectivity index (χ4n) is 3.71. The molecule has 142 valence electrons. The maximum Gasteiger partial charge on any atom is 0.257 e. The first kappa shape index (κ1) is 17.2. The molecule has 1 aliphatic rings. The number of hydrogen-bond donors (Lipinski definition) is 1. The van der Waals surface area contributed by atoms with Crippen molar-refractivity contribution in [3.05, 3.63) is 53.6 Å². The largest absolute Gasteiger partial charge is 0.346 e. The summed E-state index contributed by atoms with van der Waals surface area (Å²) in [6.45, 7) is 3.25. The molecule has 0 aromatic carbocycles. The fraction of sp³-hybridized carbons (Fsp3) is 0.250. The van der Waals surface area contributed by atoms with Crippen LogP contribution in [0.25, 0.3) is 27.7 Å². The standard InChI is InChI=1S/C20H19ClN6O/c1-25-4-6-26(7-5-25)20(28)17-12-24-27-3-2-13(8-18(17)27)16-11-23-19-15(16)9-14(21)10-22-19/h2-3,8-12H,4-7H2,1H3,(H,22,23). The highest BCUT2D eigenvalue weighted by molar-refractivity contribution is 6.31. The number of aromatic nitrogens is 4. The second-order valence-corrected chi connectivity index (χ2v) is 7.59. The Bertz CT molecular complexity index is 1190. The highest BCUT2D eigenvalue weighted by Gasteiger charge is 2.23. The van der Waals surface area contributed by atoms with Gasteiger partial charge in [0.25, 0.3) is 5.91 Å². The first-order chi connectivity index (χ1) is 13.6. The smallest absolute Gasteiger partial charge is 0.257 e. The number of pyridine rings is 2. The second-order valence-electron chi connectivity index (χ2n) is 7.15. The number of fused-ring (bicyclic) bond motifs is 2. The average molecular weight is 395 g/mol. The van der Waals surface area contributed by atoms with Crippen LogP contribution < -0.4 is 0 Å². The van der Waals surface area contributed by atoms with Gasteiger partial charge in [0.1, 0.15) is 5.65 Å². The second kappa shape index (κ2) is 6.61. The van der Waals surface area contributed by atoms with E-state index in [1.54, 1.807) is 16.9 Å². The van der Waals surface area contributed by atoms with Crippen LogP contribution in [-0.2, 0) is 0 Å². The molecule has 1 amide bonds. The van der Waals surface area contributed by atoms with Gasteiger partial charge < -0.3 is 14.8 Å². The Labute approximate surface area is 166 Å². The van der Waals surface area contributed by atoms with Crippen LogP contribution in [-0.4, -0.2) is 68.5 Å². The molecule has 0 spiro atoms. The molecule has 1 N–H and O–H groups in total. The van der Waals surface area contributed by atoms with Gasteiger partial charge in [0.15, 0.2) is 0 Å². The number of rotatable bonds is 2. The number of H-pyrrole nitrogens is 1. The monoisotopic (exact) mass is 394 g/mol. The van der Waals surface area contributed by atoms with E-state index in [1.165, 1.54) is 0 Å². The summed E-state index contributed by atoms with van der Waals surface area (Å²) in [5.74, 6) is 0.0314. The molecular weight excluding hydrogens is 376 g/mol. The molecule has 5 rings (SSSR count). The Balaban J connectivity index is 1.56. The number of carbonyl (C=O) groups is 1. The normalized spacial score (nSPS) is 15.6. The molecule has 4 aromatic heterocycles. The number of aromatic amines is 1. The molecule has 5 heterocycles. The molecule has 1 saturated heterocycles. The summed E-state index contributed by atoms with van der Waals surface area (Å²) in [4.78, 5) is 24.7. The topological polar surface area (TPSA) is 69.5 Å². The Morgan fingerprint density at radius 2 is 2.00 bits per heavy atom. The molecule has 1 aliphatic heterocycles. The molecule has 0 unspecified atom stereocenters. The lowest BCUT2D eigenvalue weighted by Gasteiger charge is -2.32. The van der Waals surface area contributed by atoms with Gasteiger partial charge in [-0.3, -0.25) is 4.79 Å².